The van der Waals surface area contributed by atoms with Crippen LogP contribution >= 0.6 is 0 Å². The summed E-state index contributed by atoms with van der Waals surface area (Å²) in [5.41, 5.74) is 1.37. The van der Waals surface area contributed by atoms with Crippen LogP contribution < -0.4 is 5.32 Å². The molecule has 54 valence electrons. The van der Waals surface area contributed by atoms with Gasteiger partial charge in [0.15, 0.2) is 0 Å². The van der Waals surface area contributed by atoms with Crippen LogP contribution in [0.1, 0.15) is 19.8 Å². The van der Waals surface area contributed by atoms with Crippen LogP contribution in [0.25, 0.3) is 0 Å². The summed E-state index contributed by atoms with van der Waals surface area (Å²) < 4.78 is 0. The quantitative estimate of drug-likeness (QED) is 0.494. The number of terminal acetylenes is 1. The molecule has 1 rings (SSSR count). The van der Waals surface area contributed by atoms with Crippen LogP contribution in [0.3, 0.4) is 0 Å². The first-order valence-corrected chi connectivity index (χ1v) is 3.73. The molecule has 0 aromatic carbocycles. The molecule has 1 N–H and O–H groups in total. The molecule has 0 radical (unpaired) electrons. The Bertz CT molecular complexity index is 174. The Hall–Kier alpha value is -0.740. The van der Waals surface area contributed by atoms with E-state index in [1.165, 1.54) is 18.4 Å². The zero-order valence-electron chi connectivity index (χ0n) is 6.35. The Labute approximate surface area is 62.5 Å². The molecular formula is C9H13N. The molecule has 0 aromatic heterocycles. The van der Waals surface area contributed by atoms with Crippen molar-refractivity contribution >= 4 is 0 Å². The molecule has 1 aliphatic heterocycles. The van der Waals surface area contributed by atoms with Crippen molar-refractivity contribution in [2.75, 3.05) is 6.54 Å². The fourth-order valence-corrected chi connectivity index (χ4v) is 1.26. The third kappa shape index (κ3) is 1.62. The highest BCUT2D eigenvalue weighted by atomic mass is 14.9. The van der Waals surface area contributed by atoms with E-state index in [1.807, 2.05) is 6.08 Å². The Morgan fingerprint density at radius 2 is 2.60 bits per heavy atom. The number of hydrogen-bond acceptors (Lipinski definition) is 1. The number of rotatable bonds is 0. The predicted molar refractivity (Wildman–Crippen MR) is 43.6 cm³/mol. The van der Waals surface area contributed by atoms with Gasteiger partial charge in [0, 0.05) is 6.04 Å². The van der Waals surface area contributed by atoms with E-state index < -0.39 is 0 Å². The normalized spacial score (nSPS) is 30.0. The van der Waals surface area contributed by atoms with Crippen molar-refractivity contribution in [3.05, 3.63) is 11.6 Å². The minimum Gasteiger partial charge on any atom is -0.310 e. The molecule has 1 unspecified atom stereocenters. The van der Waals surface area contributed by atoms with Crippen LogP contribution in [0.5, 0.6) is 0 Å². The first kappa shape index (κ1) is 7.37. The summed E-state index contributed by atoms with van der Waals surface area (Å²) in [5, 5.41) is 3.35. The molecule has 1 fully saturated rings. The topological polar surface area (TPSA) is 12.0 Å². The van der Waals surface area contributed by atoms with Crippen molar-refractivity contribution in [2.24, 2.45) is 0 Å². The summed E-state index contributed by atoms with van der Waals surface area (Å²) in [4.78, 5) is 0. The highest BCUT2D eigenvalue weighted by Crippen LogP contribution is 2.13. The Morgan fingerprint density at radius 3 is 3.20 bits per heavy atom. The van der Waals surface area contributed by atoms with Gasteiger partial charge in [0.25, 0.3) is 0 Å². The number of nitrogens with one attached hydrogen (secondary N) is 1. The van der Waals surface area contributed by atoms with Gasteiger partial charge < -0.3 is 5.32 Å². The van der Waals surface area contributed by atoms with Crippen LogP contribution in [0.4, 0.5) is 0 Å². The minimum absolute atomic E-state index is 0.491. The molecule has 0 bridgehead atoms. The van der Waals surface area contributed by atoms with Crippen molar-refractivity contribution in [3.8, 4) is 12.3 Å². The Kier molecular flexibility index (Phi) is 2.53. The van der Waals surface area contributed by atoms with Crippen LogP contribution in [0.15, 0.2) is 11.6 Å². The van der Waals surface area contributed by atoms with Crippen molar-refractivity contribution < 1.29 is 0 Å². The number of piperidine rings is 1. The molecule has 0 spiro atoms. The van der Waals surface area contributed by atoms with E-state index >= 15 is 0 Å². The van der Waals surface area contributed by atoms with Crippen LogP contribution in [0, 0.1) is 12.3 Å². The van der Waals surface area contributed by atoms with E-state index in [0.29, 0.717) is 6.04 Å². The summed E-state index contributed by atoms with van der Waals surface area (Å²) in [6.45, 7) is 3.28. The third-order valence-electron chi connectivity index (χ3n) is 1.92. The van der Waals surface area contributed by atoms with Gasteiger partial charge in [0.05, 0.1) is 0 Å². The van der Waals surface area contributed by atoms with Gasteiger partial charge in [0.1, 0.15) is 0 Å². The second kappa shape index (κ2) is 3.43. The van der Waals surface area contributed by atoms with Gasteiger partial charge >= 0.3 is 0 Å². The summed E-state index contributed by atoms with van der Waals surface area (Å²) >= 11 is 0. The Morgan fingerprint density at radius 1 is 1.80 bits per heavy atom. The highest BCUT2D eigenvalue weighted by Gasteiger charge is 2.11. The van der Waals surface area contributed by atoms with E-state index in [0.717, 1.165) is 6.54 Å². The lowest BCUT2D eigenvalue weighted by Crippen LogP contribution is -2.33. The van der Waals surface area contributed by atoms with Gasteiger partial charge in [0.2, 0.25) is 0 Å². The van der Waals surface area contributed by atoms with Gasteiger partial charge in [-0.1, -0.05) is 5.92 Å². The lowest BCUT2D eigenvalue weighted by atomic mass is 9.99. The van der Waals surface area contributed by atoms with E-state index in [9.17, 15) is 0 Å². The molecule has 1 aliphatic rings. The SMILES string of the molecule is C#C/C=C1\CCCNC1C. The summed E-state index contributed by atoms with van der Waals surface area (Å²) in [5.74, 6) is 2.57. The van der Waals surface area contributed by atoms with Gasteiger partial charge in [-0.15, -0.1) is 6.42 Å². The lowest BCUT2D eigenvalue weighted by Gasteiger charge is -2.22. The van der Waals surface area contributed by atoms with Crippen LogP contribution in [0.2, 0.25) is 0 Å². The maximum Gasteiger partial charge on any atom is 0.0260 e. The average Bonchev–Trinajstić information content (AvgIpc) is 1.94. The van der Waals surface area contributed by atoms with Crippen LogP contribution in [-0.2, 0) is 0 Å². The summed E-state index contributed by atoms with van der Waals surface area (Å²) in [6.07, 6.45) is 9.44. The smallest absolute Gasteiger partial charge is 0.0260 e. The standard InChI is InChI=1S/C9H13N/c1-3-5-9-6-4-7-10-8(9)2/h1,5,8,10H,4,6-7H2,2H3/b9-5+. The molecule has 1 nitrogen and oxygen atoms in total. The lowest BCUT2D eigenvalue weighted by molar-refractivity contribution is 0.517. The molecule has 0 saturated carbocycles. The second-order valence-corrected chi connectivity index (χ2v) is 2.67. The Balaban J connectivity index is 2.58. The fraction of sp³-hybridized carbons (Fsp3) is 0.556. The van der Waals surface area contributed by atoms with Crippen molar-refractivity contribution in [2.45, 2.75) is 25.8 Å². The first-order valence-electron chi connectivity index (χ1n) is 3.73. The van der Waals surface area contributed by atoms with E-state index in [2.05, 4.69) is 18.2 Å². The molecule has 0 aromatic rings. The van der Waals surface area contributed by atoms with Gasteiger partial charge in [-0.3, -0.25) is 0 Å². The molecule has 1 heterocycles. The van der Waals surface area contributed by atoms with Crippen LogP contribution in [-0.4, -0.2) is 12.6 Å². The molecule has 0 amide bonds. The van der Waals surface area contributed by atoms with E-state index in [4.69, 9.17) is 6.42 Å². The zero-order chi connectivity index (χ0) is 7.40. The molecule has 1 heteroatoms. The van der Waals surface area contributed by atoms with Crippen molar-refractivity contribution in [1.82, 2.24) is 5.32 Å². The summed E-state index contributed by atoms with van der Waals surface area (Å²) in [6, 6.07) is 0.491. The third-order valence-corrected chi connectivity index (χ3v) is 1.92. The average molecular weight is 135 g/mol. The van der Waals surface area contributed by atoms with E-state index in [-0.39, 0.29) is 0 Å². The number of hydrogen-bond donors (Lipinski definition) is 1. The molecule has 10 heavy (non-hydrogen) atoms. The highest BCUT2D eigenvalue weighted by molar-refractivity contribution is 5.22. The van der Waals surface area contributed by atoms with Gasteiger partial charge in [-0.05, 0) is 38.0 Å². The zero-order valence-corrected chi connectivity index (χ0v) is 6.35. The predicted octanol–water partition coefficient (Wildman–Crippen LogP) is 1.32. The molecule has 1 saturated heterocycles. The number of allylic oxidation sites excluding steroid dienone is 1. The molecule has 1 atom stereocenters. The largest absolute Gasteiger partial charge is 0.310 e. The summed E-state index contributed by atoms with van der Waals surface area (Å²) in [7, 11) is 0. The monoisotopic (exact) mass is 135 g/mol. The minimum atomic E-state index is 0.491. The van der Waals surface area contributed by atoms with E-state index in [1.54, 1.807) is 0 Å². The van der Waals surface area contributed by atoms with Crippen molar-refractivity contribution in [3.63, 3.8) is 0 Å². The van der Waals surface area contributed by atoms with Crippen molar-refractivity contribution in [1.29, 1.82) is 0 Å². The first-order chi connectivity index (χ1) is 4.84. The molecular weight excluding hydrogens is 122 g/mol. The van der Waals surface area contributed by atoms with Gasteiger partial charge in [-0.2, -0.15) is 0 Å². The fourth-order valence-electron chi connectivity index (χ4n) is 1.26. The molecule has 0 aliphatic carbocycles. The maximum absolute atomic E-state index is 5.17. The van der Waals surface area contributed by atoms with Gasteiger partial charge in [-0.25, -0.2) is 0 Å². The maximum atomic E-state index is 5.17. The second-order valence-electron chi connectivity index (χ2n) is 2.67.